The standard InChI is InChI=1S/C16H18ClN3O2/c1-11-15(16(21)18-9-14-3-2-8-22-14)10-19-20(11)13-6-4-12(17)5-7-13/h4-7,10,14H,2-3,8-9H2,1H3,(H,18,21). The van der Waals surface area contributed by atoms with Gasteiger partial charge in [0, 0.05) is 18.2 Å². The topological polar surface area (TPSA) is 56.1 Å². The van der Waals surface area contributed by atoms with Crippen LogP contribution in [0.2, 0.25) is 5.02 Å². The lowest BCUT2D eigenvalue weighted by Crippen LogP contribution is -2.32. The van der Waals surface area contributed by atoms with Crippen molar-refractivity contribution in [1.82, 2.24) is 15.1 Å². The molecule has 2 aromatic rings. The summed E-state index contributed by atoms with van der Waals surface area (Å²) < 4.78 is 7.24. The lowest BCUT2D eigenvalue weighted by Gasteiger charge is -2.10. The smallest absolute Gasteiger partial charge is 0.254 e. The highest BCUT2D eigenvalue weighted by molar-refractivity contribution is 6.30. The Kier molecular flexibility index (Phi) is 4.45. The molecule has 0 radical (unpaired) electrons. The first-order valence-corrected chi connectivity index (χ1v) is 7.73. The zero-order valence-corrected chi connectivity index (χ0v) is 13.1. The summed E-state index contributed by atoms with van der Waals surface area (Å²) in [4.78, 5) is 12.3. The predicted molar refractivity (Wildman–Crippen MR) is 84.6 cm³/mol. The number of nitrogens with one attached hydrogen (secondary N) is 1. The number of carbonyl (C=O) groups excluding carboxylic acids is 1. The number of halogens is 1. The number of carbonyl (C=O) groups is 1. The lowest BCUT2D eigenvalue weighted by atomic mass is 10.2. The van der Waals surface area contributed by atoms with E-state index in [9.17, 15) is 4.79 Å². The summed E-state index contributed by atoms with van der Waals surface area (Å²) in [6.45, 7) is 3.21. The molecule has 1 N–H and O–H groups in total. The largest absolute Gasteiger partial charge is 0.376 e. The van der Waals surface area contributed by atoms with Crippen LogP contribution in [0, 0.1) is 6.92 Å². The Bertz CT molecular complexity index is 661. The predicted octanol–water partition coefficient (Wildman–Crippen LogP) is 2.74. The molecule has 1 aromatic heterocycles. The van der Waals surface area contributed by atoms with Gasteiger partial charge in [-0.05, 0) is 44.0 Å². The summed E-state index contributed by atoms with van der Waals surface area (Å²) in [5.41, 5.74) is 2.25. The lowest BCUT2D eigenvalue weighted by molar-refractivity contribution is 0.0857. The second-order valence-electron chi connectivity index (χ2n) is 5.38. The fraction of sp³-hybridized carbons (Fsp3) is 0.375. The van der Waals surface area contributed by atoms with Crippen molar-refractivity contribution in [3.63, 3.8) is 0 Å². The highest BCUT2D eigenvalue weighted by Crippen LogP contribution is 2.17. The van der Waals surface area contributed by atoms with Crippen molar-refractivity contribution < 1.29 is 9.53 Å². The van der Waals surface area contributed by atoms with Crippen LogP contribution < -0.4 is 5.32 Å². The summed E-state index contributed by atoms with van der Waals surface area (Å²) in [6.07, 6.45) is 3.79. The maximum absolute atomic E-state index is 12.3. The zero-order valence-electron chi connectivity index (χ0n) is 12.4. The minimum atomic E-state index is -0.117. The number of hydrogen-bond acceptors (Lipinski definition) is 3. The van der Waals surface area contributed by atoms with Crippen LogP contribution in [-0.4, -0.2) is 34.9 Å². The van der Waals surface area contributed by atoms with E-state index in [1.807, 2.05) is 19.1 Å². The Morgan fingerprint density at radius 3 is 2.91 bits per heavy atom. The molecule has 116 valence electrons. The third-order valence-electron chi connectivity index (χ3n) is 3.84. The van der Waals surface area contributed by atoms with Crippen molar-refractivity contribution in [3.8, 4) is 5.69 Å². The Labute approximate surface area is 134 Å². The molecule has 0 bridgehead atoms. The molecular weight excluding hydrogens is 302 g/mol. The van der Waals surface area contributed by atoms with Gasteiger partial charge in [-0.1, -0.05) is 11.6 Å². The van der Waals surface area contributed by atoms with Gasteiger partial charge in [-0.25, -0.2) is 4.68 Å². The Morgan fingerprint density at radius 2 is 2.23 bits per heavy atom. The Hall–Kier alpha value is -1.85. The molecule has 1 saturated heterocycles. The van der Waals surface area contributed by atoms with Gasteiger partial charge in [0.2, 0.25) is 0 Å². The fourth-order valence-electron chi connectivity index (χ4n) is 2.58. The molecule has 1 fully saturated rings. The highest BCUT2D eigenvalue weighted by Gasteiger charge is 2.19. The van der Waals surface area contributed by atoms with E-state index in [1.165, 1.54) is 0 Å². The maximum atomic E-state index is 12.3. The van der Waals surface area contributed by atoms with E-state index >= 15 is 0 Å². The van der Waals surface area contributed by atoms with E-state index in [1.54, 1.807) is 23.0 Å². The summed E-state index contributed by atoms with van der Waals surface area (Å²) >= 11 is 5.89. The second-order valence-corrected chi connectivity index (χ2v) is 5.81. The number of ether oxygens (including phenoxy) is 1. The molecule has 0 aliphatic carbocycles. The van der Waals surface area contributed by atoms with E-state index in [2.05, 4.69) is 10.4 Å². The second kappa shape index (κ2) is 6.50. The van der Waals surface area contributed by atoms with Crippen LogP contribution in [0.15, 0.2) is 30.5 Å². The molecular formula is C16H18ClN3O2. The van der Waals surface area contributed by atoms with Gasteiger partial charge < -0.3 is 10.1 Å². The molecule has 1 aliphatic rings. The van der Waals surface area contributed by atoms with Crippen LogP contribution in [0.1, 0.15) is 28.9 Å². The summed E-state index contributed by atoms with van der Waals surface area (Å²) in [5.74, 6) is -0.117. The van der Waals surface area contributed by atoms with Gasteiger partial charge in [0.15, 0.2) is 0 Å². The molecule has 3 rings (SSSR count). The van der Waals surface area contributed by atoms with Crippen molar-refractivity contribution >= 4 is 17.5 Å². The van der Waals surface area contributed by atoms with Gasteiger partial charge in [-0.2, -0.15) is 5.10 Å². The summed E-state index contributed by atoms with van der Waals surface area (Å²) in [7, 11) is 0. The number of amides is 1. The van der Waals surface area contributed by atoms with E-state index in [0.29, 0.717) is 17.1 Å². The van der Waals surface area contributed by atoms with Gasteiger partial charge >= 0.3 is 0 Å². The molecule has 5 nitrogen and oxygen atoms in total. The van der Waals surface area contributed by atoms with Crippen LogP contribution in [0.4, 0.5) is 0 Å². The first-order valence-electron chi connectivity index (χ1n) is 7.35. The third kappa shape index (κ3) is 3.15. The molecule has 1 atom stereocenters. The zero-order chi connectivity index (χ0) is 15.5. The molecule has 1 amide bonds. The number of rotatable bonds is 4. The molecule has 1 aromatic carbocycles. The van der Waals surface area contributed by atoms with Crippen LogP contribution in [0.5, 0.6) is 0 Å². The van der Waals surface area contributed by atoms with Gasteiger partial charge in [-0.3, -0.25) is 4.79 Å². The molecule has 22 heavy (non-hydrogen) atoms. The molecule has 2 heterocycles. The number of aromatic nitrogens is 2. The fourth-order valence-corrected chi connectivity index (χ4v) is 2.71. The van der Waals surface area contributed by atoms with Gasteiger partial charge in [0.05, 0.1) is 29.2 Å². The summed E-state index contributed by atoms with van der Waals surface area (Å²) in [6, 6.07) is 7.34. The normalized spacial score (nSPS) is 17.6. The summed E-state index contributed by atoms with van der Waals surface area (Å²) in [5, 5.41) is 7.88. The third-order valence-corrected chi connectivity index (χ3v) is 4.09. The Balaban J connectivity index is 1.72. The molecule has 1 aliphatic heterocycles. The van der Waals surface area contributed by atoms with Crippen molar-refractivity contribution in [2.45, 2.75) is 25.9 Å². The van der Waals surface area contributed by atoms with Crippen LogP contribution in [-0.2, 0) is 4.74 Å². The number of hydrogen-bond donors (Lipinski definition) is 1. The minimum Gasteiger partial charge on any atom is -0.376 e. The molecule has 1 unspecified atom stereocenters. The first kappa shape index (κ1) is 15.1. The molecule has 6 heteroatoms. The van der Waals surface area contributed by atoms with E-state index in [4.69, 9.17) is 16.3 Å². The van der Waals surface area contributed by atoms with Crippen molar-refractivity contribution in [1.29, 1.82) is 0 Å². The van der Waals surface area contributed by atoms with Crippen molar-refractivity contribution in [2.24, 2.45) is 0 Å². The van der Waals surface area contributed by atoms with Crippen LogP contribution >= 0.6 is 11.6 Å². The Morgan fingerprint density at radius 1 is 1.45 bits per heavy atom. The first-order chi connectivity index (χ1) is 10.6. The van der Waals surface area contributed by atoms with Gasteiger partial charge in [-0.15, -0.1) is 0 Å². The van der Waals surface area contributed by atoms with E-state index in [-0.39, 0.29) is 12.0 Å². The number of benzene rings is 1. The van der Waals surface area contributed by atoms with Gasteiger partial charge in [0.25, 0.3) is 5.91 Å². The van der Waals surface area contributed by atoms with Crippen LogP contribution in [0.3, 0.4) is 0 Å². The highest BCUT2D eigenvalue weighted by atomic mass is 35.5. The van der Waals surface area contributed by atoms with Crippen molar-refractivity contribution in [3.05, 3.63) is 46.7 Å². The quantitative estimate of drug-likeness (QED) is 0.942. The maximum Gasteiger partial charge on any atom is 0.254 e. The minimum absolute atomic E-state index is 0.117. The van der Waals surface area contributed by atoms with Crippen LogP contribution in [0.25, 0.3) is 5.69 Å². The van der Waals surface area contributed by atoms with Gasteiger partial charge in [0.1, 0.15) is 0 Å². The molecule has 0 saturated carbocycles. The van der Waals surface area contributed by atoms with Crippen molar-refractivity contribution in [2.75, 3.05) is 13.2 Å². The van der Waals surface area contributed by atoms with E-state index < -0.39 is 0 Å². The average molecular weight is 320 g/mol. The molecule has 0 spiro atoms. The number of nitrogens with zero attached hydrogens (tertiary/aromatic N) is 2. The SMILES string of the molecule is Cc1c(C(=O)NCC2CCCO2)cnn1-c1ccc(Cl)cc1. The average Bonchev–Trinajstić information content (AvgIpc) is 3.15. The monoisotopic (exact) mass is 319 g/mol. The van der Waals surface area contributed by atoms with E-state index in [0.717, 1.165) is 30.8 Å².